The molecule has 4 heteroatoms. The Labute approximate surface area is 81.0 Å². The number of halogens is 1. The third-order valence-electron chi connectivity index (χ3n) is 1.84. The molecule has 0 saturated heterocycles. The molecule has 0 radical (unpaired) electrons. The van der Waals surface area contributed by atoms with E-state index in [1.54, 1.807) is 0 Å². The molecule has 74 valence electrons. The van der Waals surface area contributed by atoms with Crippen LogP contribution in [0.15, 0.2) is 36.9 Å². The van der Waals surface area contributed by atoms with Crippen LogP contribution in [0.4, 0.5) is 10.1 Å². The van der Waals surface area contributed by atoms with Crippen LogP contribution in [0.1, 0.15) is 18.2 Å². The fourth-order valence-electron chi connectivity index (χ4n) is 1.09. The molecule has 1 aromatic rings. The Kier molecular flexibility index (Phi) is 3.34. The molecule has 0 N–H and O–H groups in total. The predicted molar refractivity (Wildman–Crippen MR) is 51.8 cm³/mol. The van der Waals surface area contributed by atoms with Gasteiger partial charge in [0, 0.05) is 18.6 Å². The highest BCUT2D eigenvalue weighted by atomic mass is 19.1. The molecule has 0 aliphatic carbocycles. The Morgan fingerprint density at radius 2 is 2.07 bits per heavy atom. The van der Waals surface area contributed by atoms with Crippen LogP contribution in [-0.4, -0.2) is 4.92 Å². The molecule has 0 aromatic heterocycles. The highest BCUT2D eigenvalue weighted by Gasteiger charge is 2.10. The first-order valence-corrected chi connectivity index (χ1v) is 4.14. The first kappa shape index (κ1) is 10.4. The minimum Gasteiger partial charge on any atom is -0.258 e. The van der Waals surface area contributed by atoms with E-state index in [0.29, 0.717) is 5.56 Å². The number of nitro groups is 1. The van der Waals surface area contributed by atoms with Gasteiger partial charge in [0.05, 0.1) is 4.92 Å². The standard InChI is InChI=1S/C10H10FNO2/c1-2-3-10(11)8-4-6-9(7-5-8)12(13)14/h2,4-7,10H,1,3H2. The van der Waals surface area contributed by atoms with Gasteiger partial charge in [-0.2, -0.15) is 0 Å². The summed E-state index contributed by atoms with van der Waals surface area (Å²) in [5.41, 5.74) is 0.412. The zero-order valence-corrected chi connectivity index (χ0v) is 7.52. The zero-order valence-electron chi connectivity index (χ0n) is 7.52. The Balaban J connectivity index is 2.82. The van der Waals surface area contributed by atoms with Crippen molar-refractivity contribution in [2.75, 3.05) is 0 Å². The van der Waals surface area contributed by atoms with Crippen LogP contribution in [0.5, 0.6) is 0 Å². The fraction of sp³-hybridized carbons (Fsp3) is 0.200. The maximum Gasteiger partial charge on any atom is 0.269 e. The summed E-state index contributed by atoms with van der Waals surface area (Å²) in [5.74, 6) is 0. The number of non-ortho nitro benzene ring substituents is 1. The number of rotatable bonds is 4. The number of benzene rings is 1. The first-order valence-electron chi connectivity index (χ1n) is 4.14. The van der Waals surface area contributed by atoms with Gasteiger partial charge in [-0.25, -0.2) is 4.39 Å². The Hall–Kier alpha value is -1.71. The van der Waals surface area contributed by atoms with Gasteiger partial charge in [-0.05, 0) is 17.7 Å². The molecule has 14 heavy (non-hydrogen) atoms. The third kappa shape index (κ3) is 2.39. The van der Waals surface area contributed by atoms with Crippen molar-refractivity contribution in [2.45, 2.75) is 12.6 Å². The number of allylic oxidation sites excluding steroid dienone is 1. The van der Waals surface area contributed by atoms with Crippen molar-refractivity contribution in [2.24, 2.45) is 0 Å². The van der Waals surface area contributed by atoms with E-state index in [-0.39, 0.29) is 12.1 Å². The maximum atomic E-state index is 13.2. The van der Waals surface area contributed by atoms with Crippen LogP contribution in [0, 0.1) is 10.1 Å². The number of nitrogens with zero attached hydrogens (tertiary/aromatic N) is 1. The second kappa shape index (κ2) is 4.50. The molecule has 0 saturated carbocycles. The smallest absolute Gasteiger partial charge is 0.258 e. The molecule has 0 aliphatic heterocycles. The van der Waals surface area contributed by atoms with E-state index in [1.807, 2.05) is 0 Å². The summed E-state index contributed by atoms with van der Waals surface area (Å²) < 4.78 is 13.2. The van der Waals surface area contributed by atoms with Crippen molar-refractivity contribution in [3.05, 3.63) is 52.6 Å². The number of hydrogen-bond acceptors (Lipinski definition) is 2. The van der Waals surface area contributed by atoms with Gasteiger partial charge in [-0.3, -0.25) is 10.1 Å². The van der Waals surface area contributed by atoms with Gasteiger partial charge >= 0.3 is 0 Å². The van der Waals surface area contributed by atoms with E-state index in [2.05, 4.69) is 6.58 Å². The minimum atomic E-state index is -1.13. The molecular formula is C10H10FNO2. The lowest BCUT2D eigenvalue weighted by Crippen LogP contribution is -1.92. The summed E-state index contributed by atoms with van der Waals surface area (Å²) in [6.07, 6.45) is 0.567. The van der Waals surface area contributed by atoms with Crippen LogP contribution < -0.4 is 0 Å². The highest BCUT2D eigenvalue weighted by Crippen LogP contribution is 2.23. The molecule has 0 spiro atoms. The van der Waals surface area contributed by atoms with Crippen molar-refractivity contribution in [1.29, 1.82) is 0 Å². The molecule has 1 rings (SSSR count). The highest BCUT2D eigenvalue weighted by molar-refractivity contribution is 5.33. The average Bonchev–Trinajstić information content (AvgIpc) is 2.18. The Bertz CT molecular complexity index is 334. The van der Waals surface area contributed by atoms with E-state index in [0.717, 1.165) is 0 Å². The molecule has 1 aromatic carbocycles. The van der Waals surface area contributed by atoms with Gasteiger partial charge in [0.15, 0.2) is 0 Å². The molecule has 0 bridgehead atoms. The van der Waals surface area contributed by atoms with Crippen molar-refractivity contribution in [3.63, 3.8) is 0 Å². The summed E-state index contributed by atoms with van der Waals surface area (Å²) in [6, 6.07) is 5.44. The summed E-state index contributed by atoms with van der Waals surface area (Å²) in [5, 5.41) is 10.3. The fourth-order valence-corrected chi connectivity index (χ4v) is 1.09. The van der Waals surface area contributed by atoms with Crippen molar-refractivity contribution in [1.82, 2.24) is 0 Å². The van der Waals surface area contributed by atoms with Crippen molar-refractivity contribution in [3.8, 4) is 0 Å². The number of nitro benzene ring substituents is 1. The molecule has 1 unspecified atom stereocenters. The number of alkyl halides is 1. The van der Waals surface area contributed by atoms with Gasteiger partial charge in [0.1, 0.15) is 6.17 Å². The van der Waals surface area contributed by atoms with E-state index >= 15 is 0 Å². The summed E-state index contributed by atoms with van der Waals surface area (Å²) in [4.78, 5) is 9.79. The van der Waals surface area contributed by atoms with Crippen LogP contribution in [0.3, 0.4) is 0 Å². The predicted octanol–water partition coefficient (Wildman–Crippen LogP) is 3.18. The SMILES string of the molecule is C=CCC(F)c1ccc([N+](=O)[O-])cc1. The van der Waals surface area contributed by atoms with Crippen molar-refractivity contribution >= 4 is 5.69 Å². The molecule has 0 heterocycles. The monoisotopic (exact) mass is 195 g/mol. The van der Waals surface area contributed by atoms with E-state index in [4.69, 9.17) is 0 Å². The molecule has 0 amide bonds. The molecule has 0 aliphatic rings. The van der Waals surface area contributed by atoms with Crippen molar-refractivity contribution < 1.29 is 9.31 Å². The van der Waals surface area contributed by atoms with Gasteiger partial charge in [0.25, 0.3) is 5.69 Å². The molecular weight excluding hydrogens is 185 g/mol. The largest absolute Gasteiger partial charge is 0.269 e. The second-order valence-corrected chi connectivity index (χ2v) is 2.84. The van der Waals surface area contributed by atoms with Gasteiger partial charge in [-0.1, -0.05) is 6.08 Å². The molecule has 0 fully saturated rings. The molecule has 3 nitrogen and oxygen atoms in total. The summed E-state index contributed by atoms with van der Waals surface area (Å²) in [6.45, 7) is 3.42. The lowest BCUT2D eigenvalue weighted by molar-refractivity contribution is -0.384. The average molecular weight is 195 g/mol. The lowest BCUT2D eigenvalue weighted by Gasteiger charge is -2.04. The molecule has 1 atom stereocenters. The third-order valence-corrected chi connectivity index (χ3v) is 1.84. The van der Waals surface area contributed by atoms with E-state index in [9.17, 15) is 14.5 Å². The van der Waals surface area contributed by atoms with E-state index < -0.39 is 11.1 Å². The second-order valence-electron chi connectivity index (χ2n) is 2.84. The quantitative estimate of drug-likeness (QED) is 0.420. The summed E-state index contributed by atoms with van der Waals surface area (Å²) in [7, 11) is 0. The normalized spacial score (nSPS) is 12.1. The zero-order chi connectivity index (χ0) is 10.6. The maximum absolute atomic E-state index is 13.2. The summed E-state index contributed by atoms with van der Waals surface area (Å²) >= 11 is 0. The number of hydrogen-bond donors (Lipinski definition) is 0. The van der Waals surface area contributed by atoms with Crippen LogP contribution >= 0.6 is 0 Å². The lowest BCUT2D eigenvalue weighted by atomic mass is 10.1. The van der Waals surface area contributed by atoms with E-state index in [1.165, 1.54) is 30.3 Å². The van der Waals surface area contributed by atoms with Gasteiger partial charge in [-0.15, -0.1) is 6.58 Å². The minimum absolute atomic E-state index is 0.0282. The van der Waals surface area contributed by atoms with Crippen LogP contribution in [0.2, 0.25) is 0 Å². The Morgan fingerprint density at radius 1 is 1.50 bits per heavy atom. The van der Waals surface area contributed by atoms with Crippen LogP contribution in [0.25, 0.3) is 0 Å². The topological polar surface area (TPSA) is 43.1 Å². The van der Waals surface area contributed by atoms with Crippen LogP contribution in [-0.2, 0) is 0 Å². The first-order chi connectivity index (χ1) is 6.65. The van der Waals surface area contributed by atoms with Gasteiger partial charge < -0.3 is 0 Å². The Morgan fingerprint density at radius 3 is 2.50 bits per heavy atom. The van der Waals surface area contributed by atoms with Gasteiger partial charge in [0.2, 0.25) is 0 Å².